The van der Waals surface area contributed by atoms with Crippen LogP contribution in [0.4, 0.5) is 0 Å². The average molecular weight is 226 g/mol. The molecule has 16 heavy (non-hydrogen) atoms. The summed E-state index contributed by atoms with van der Waals surface area (Å²) in [6.45, 7) is 1.80. The molecule has 0 spiro atoms. The van der Waals surface area contributed by atoms with Crippen molar-refractivity contribution in [1.29, 1.82) is 0 Å². The molecule has 4 atom stereocenters. The molecule has 1 saturated heterocycles. The molecule has 2 aliphatic rings. The summed E-state index contributed by atoms with van der Waals surface area (Å²) in [6.07, 6.45) is 0.726. The Labute approximate surface area is 93.1 Å². The van der Waals surface area contributed by atoms with E-state index < -0.39 is 23.8 Å². The molecule has 5 heteroatoms. The maximum absolute atomic E-state index is 11.7. The predicted molar refractivity (Wildman–Crippen MR) is 52.3 cm³/mol. The Kier molecular flexibility index (Phi) is 2.69. The monoisotopic (exact) mass is 226 g/mol. The highest BCUT2D eigenvalue weighted by Crippen LogP contribution is 2.41. The molecule has 1 aliphatic heterocycles. The van der Waals surface area contributed by atoms with Crippen LogP contribution in [0.1, 0.15) is 19.8 Å². The van der Waals surface area contributed by atoms with Crippen LogP contribution in [-0.4, -0.2) is 30.9 Å². The molecule has 0 amide bonds. The molecule has 1 aliphatic carbocycles. The molecule has 0 radical (unpaired) electrons. The van der Waals surface area contributed by atoms with E-state index >= 15 is 0 Å². The largest absolute Gasteiger partial charge is 0.468 e. The van der Waals surface area contributed by atoms with Crippen LogP contribution in [0.15, 0.2) is 0 Å². The van der Waals surface area contributed by atoms with Gasteiger partial charge in [-0.15, -0.1) is 0 Å². The van der Waals surface area contributed by atoms with Crippen LogP contribution in [0, 0.1) is 17.8 Å². The fourth-order valence-corrected chi connectivity index (χ4v) is 2.68. The van der Waals surface area contributed by atoms with E-state index in [1.165, 1.54) is 7.11 Å². The van der Waals surface area contributed by atoms with Crippen molar-refractivity contribution in [2.24, 2.45) is 17.8 Å². The minimum absolute atomic E-state index is 0.0331. The van der Waals surface area contributed by atoms with Gasteiger partial charge in [0.25, 0.3) is 0 Å². The van der Waals surface area contributed by atoms with Gasteiger partial charge in [0.15, 0.2) is 0 Å². The van der Waals surface area contributed by atoms with E-state index in [0.29, 0.717) is 12.8 Å². The highest BCUT2D eigenvalue weighted by molar-refractivity contribution is 6.03. The van der Waals surface area contributed by atoms with Crippen LogP contribution < -0.4 is 0 Å². The highest BCUT2D eigenvalue weighted by Gasteiger charge is 2.54. The summed E-state index contributed by atoms with van der Waals surface area (Å²) >= 11 is 0. The Morgan fingerprint density at radius 1 is 1.44 bits per heavy atom. The van der Waals surface area contributed by atoms with Gasteiger partial charge in [0, 0.05) is 12.3 Å². The number of rotatable bonds is 1. The zero-order valence-electron chi connectivity index (χ0n) is 9.26. The number of hydrogen-bond donors (Lipinski definition) is 0. The van der Waals surface area contributed by atoms with Crippen molar-refractivity contribution < 1.29 is 23.9 Å². The second kappa shape index (κ2) is 3.88. The molecule has 88 valence electrons. The number of ketones is 1. The zero-order chi connectivity index (χ0) is 11.9. The lowest BCUT2D eigenvalue weighted by Crippen LogP contribution is -2.42. The summed E-state index contributed by atoms with van der Waals surface area (Å²) in [6, 6.07) is 0. The van der Waals surface area contributed by atoms with Gasteiger partial charge in [-0.05, 0) is 13.3 Å². The quantitative estimate of drug-likeness (QED) is 0.475. The first-order valence-corrected chi connectivity index (χ1v) is 5.37. The third-order valence-electron chi connectivity index (χ3n) is 3.52. The number of carbonyl (C=O) groups is 3. The Morgan fingerprint density at radius 2 is 2.12 bits per heavy atom. The van der Waals surface area contributed by atoms with Crippen molar-refractivity contribution in [2.75, 3.05) is 7.11 Å². The maximum Gasteiger partial charge on any atom is 0.317 e. The number of Topliss-reactive ketones (excluding diaryl/α,β-unsaturated/α-hetero) is 1. The lowest BCUT2D eigenvalue weighted by molar-refractivity contribution is -0.159. The van der Waals surface area contributed by atoms with E-state index in [4.69, 9.17) is 4.74 Å². The van der Waals surface area contributed by atoms with Gasteiger partial charge in [-0.2, -0.15) is 0 Å². The molecule has 0 bridgehead atoms. The number of carbonyl (C=O) groups excluding carboxylic acids is 3. The molecule has 0 N–H and O–H groups in total. The fourth-order valence-electron chi connectivity index (χ4n) is 2.68. The van der Waals surface area contributed by atoms with Crippen LogP contribution >= 0.6 is 0 Å². The van der Waals surface area contributed by atoms with Gasteiger partial charge in [0.1, 0.15) is 17.8 Å². The second-order valence-corrected chi connectivity index (χ2v) is 4.34. The van der Waals surface area contributed by atoms with Gasteiger partial charge < -0.3 is 9.47 Å². The van der Waals surface area contributed by atoms with E-state index in [2.05, 4.69) is 4.74 Å². The van der Waals surface area contributed by atoms with Crippen molar-refractivity contribution in [3.63, 3.8) is 0 Å². The smallest absolute Gasteiger partial charge is 0.317 e. The van der Waals surface area contributed by atoms with Gasteiger partial charge in [-0.1, -0.05) is 0 Å². The van der Waals surface area contributed by atoms with Gasteiger partial charge in [0.2, 0.25) is 0 Å². The minimum Gasteiger partial charge on any atom is -0.468 e. The molecule has 2 fully saturated rings. The number of cyclic esters (lactones) is 1. The maximum atomic E-state index is 11.7. The van der Waals surface area contributed by atoms with Gasteiger partial charge in [-0.3, -0.25) is 14.4 Å². The molecule has 1 heterocycles. The van der Waals surface area contributed by atoms with Crippen LogP contribution in [-0.2, 0) is 23.9 Å². The molecular formula is C11H14O5. The Morgan fingerprint density at radius 3 is 2.75 bits per heavy atom. The molecule has 0 aromatic heterocycles. The average Bonchev–Trinajstić information content (AvgIpc) is 2.53. The summed E-state index contributed by atoms with van der Waals surface area (Å²) < 4.78 is 9.67. The van der Waals surface area contributed by atoms with E-state index in [0.717, 1.165) is 0 Å². The molecule has 2 rings (SSSR count). The van der Waals surface area contributed by atoms with Crippen molar-refractivity contribution in [1.82, 2.24) is 0 Å². The fraction of sp³-hybridized carbons (Fsp3) is 0.727. The second-order valence-electron chi connectivity index (χ2n) is 4.34. The summed E-state index contributed by atoms with van der Waals surface area (Å²) in [5, 5.41) is 0. The van der Waals surface area contributed by atoms with Crippen molar-refractivity contribution in [3.05, 3.63) is 0 Å². The zero-order valence-corrected chi connectivity index (χ0v) is 9.26. The topological polar surface area (TPSA) is 69.7 Å². The Hall–Kier alpha value is -1.39. The molecule has 0 unspecified atom stereocenters. The standard InChI is InChI=1S/C11H14O5/c1-5-6-3-4-7(12)9(10(13)15-2)8(6)11(14)16-5/h5-6,8-9H,3-4H2,1-2H3/t5-,6-,8-,9-/m0/s1. The van der Waals surface area contributed by atoms with E-state index in [9.17, 15) is 14.4 Å². The first-order chi connectivity index (χ1) is 7.56. The van der Waals surface area contributed by atoms with Crippen LogP contribution in [0.2, 0.25) is 0 Å². The number of ether oxygens (including phenoxy) is 2. The number of methoxy groups -OCH3 is 1. The van der Waals surface area contributed by atoms with Crippen molar-refractivity contribution >= 4 is 17.7 Å². The minimum atomic E-state index is -0.957. The molecule has 5 nitrogen and oxygen atoms in total. The predicted octanol–water partition coefficient (Wildman–Crippen LogP) is 0.316. The highest BCUT2D eigenvalue weighted by atomic mass is 16.6. The molecule has 0 aromatic carbocycles. The molecule has 1 saturated carbocycles. The summed E-state index contributed by atoms with van der Waals surface area (Å²) in [5.74, 6) is -2.90. The van der Waals surface area contributed by atoms with Crippen LogP contribution in [0.25, 0.3) is 0 Å². The normalized spacial score (nSPS) is 37.9. The SMILES string of the molecule is COC(=O)[C@H]1C(=O)CC[C@@H]2[C@@H]1C(=O)O[C@H]2C. The number of hydrogen-bond acceptors (Lipinski definition) is 5. The number of esters is 2. The lowest BCUT2D eigenvalue weighted by atomic mass is 9.71. The lowest BCUT2D eigenvalue weighted by Gasteiger charge is -2.28. The van der Waals surface area contributed by atoms with Crippen molar-refractivity contribution in [2.45, 2.75) is 25.9 Å². The van der Waals surface area contributed by atoms with Crippen LogP contribution in [0.5, 0.6) is 0 Å². The first-order valence-electron chi connectivity index (χ1n) is 5.37. The van der Waals surface area contributed by atoms with E-state index in [1.54, 1.807) is 6.92 Å². The summed E-state index contributed by atoms with van der Waals surface area (Å²) in [5.41, 5.74) is 0. The Balaban J connectivity index is 2.30. The molecular weight excluding hydrogens is 212 g/mol. The van der Waals surface area contributed by atoms with Crippen molar-refractivity contribution in [3.8, 4) is 0 Å². The third kappa shape index (κ3) is 1.50. The summed E-state index contributed by atoms with van der Waals surface area (Å²) in [7, 11) is 1.23. The van der Waals surface area contributed by atoms with E-state index in [-0.39, 0.29) is 17.8 Å². The Bertz CT molecular complexity index is 340. The number of fused-ring (bicyclic) bond motifs is 1. The van der Waals surface area contributed by atoms with E-state index in [1.807, 2.05) is 0 Å². The summed E-state index contributed by atoms with van der Waals surface area (Å²) in [4.78, 5) is 34.8. The first kappa shape index (κ1) is 11.1. The van der Waals surface area contributed by atoms with Gasteiger partial charge in [0.05, 0.1) is 13.0 Å². The van der Waals surface area contributed by atoms with Crippen LogP contribution in [0.3, 0.4) is 0 Å². The molecule has 0 aromatic rings. The third-order valence-corrected chi connectivity index (χ3v) is 3.52. The van der Waals surface area contributed by atoms with Gasteiger partial charge in [-0.25, -0.2) is 0 Å². The van der Waals surface area contributed by atoms with Gasteiger partial charge >= 0.3 is 11.9 Å².